The molecule has 0 aromatic heterocycles. The van der Waals surface area contributed by atoms with Crippen LogP contribution in [0, 0.1) is 6.92 Å². The Balaban J connectivity index is 2.19. The molecule has 0 aliphatic carbocycles. The molecule has 198 valence electrons. The topological polar surface area (TPSA) is 96.0 Å². The van der Waals surface area contributed by atoms with E-state index in [-0.39, 0.29) is 37.4 Å². The summed E-state index contributed by atoms with van der Waals surface area (Å²) in [4.78, 5) is 27.8. The number of sulfonamides is 1. The normalized spacial score (nSPS) is 12.9. The lowest BCUT2D eigenvalue weighted by atomic mass is 10.1. The average Bonchev–Trinajstić information content (AvgIpc) is 2.84. The van der Waals surface area contributed by atoms with Crippen LogP contribution in [0.15, 0.2) is 48.5 Å². The van der Waals surface area contributed by atoms with Crippen molar-refractivity contribution in [3.8, 4) is 5.75 Å². The minimum Gasteiger partial charge on any atom is -0.497 e. The fourth-order valence-electron chi connectivity index (χ4n) is 3.80. The molecule has 0 spiro atoms. The second-order valence-corrected chi connectivity index (χ2v) is 11.0. The number of para-hydroxylation sites is 1. The molecule has 0 fully saturated rings. The third-order valence-electron chi connectivity index (χ3n) is 6.22. The molecule has 2 unspecified atom stereocenters. The van der Waals surface area contributed by atoms with Crippen LogP contribution < -0.4 is 14.4 Å². The number of methoxy groups -OCH3 is 1. The Morgan fingerprint density at radius 3 is 2.25 bits per heavy atom. The first-order chi connectivity index (χ1) is 17.0. The van der Waals surface area contributed by atoms with Crippen LogP contribution in [0.1, 0.15) is 51.2 Å². The lowest BCUT2D eigenvalue weighted by Crippen LogP contribution is -2.49. The number of anilines is 1. The number of carbonyl (C=O) groups is 2. The first-order valence-corrected chi connectivity index (χ1v) is 14.1. The quantitative estimate of drug-likeness (QED) is 0.435. The van der Waals surface area contributed by atoms with Gasteiger partial charge in [0.05, 0.1) is 19.1 Å². The molecule has 1 N–H and O–H groups in total. The van der Waals surface area contributed by atoms with Crippen molar-refractivity contribution < 1.29 is 22.7 Å². The molecule has 36 heavy (non-hydrogen) atoms. The van der Waals surface area contributed by atoms with E-state index in [9.17, 15) is 18.0 Å². The highest BCUT2D eigenvalue weighted by molar-refractivity contribution is 7.92. The number of ether oxygens (including phenoxy) is 1. The van der Waals surface area contributed by atoms with Gasteiger partial charge in [0.25, 0.3) is 0 Å². The number of rotatable bonds is 13. The largest absolute Gasteiger partial charge is 0.497 e. The summed E-state index contributed by atoms with van der Waals surface area (Å²) in [6.45, 7) is 7.90. The van der Waals surface area contributed by atoms with E-state index in [1.54, 1.807) is 31.1 Å². The summed E-state index contributed by atoms with van der Waals surface area (Å²) >= 11 is 0. The van der Waals surface area contributed by atoms with Crippen molar-refractivity contribution in [1.29, 1.82) is 0 Å². The highest BCUT2D eigenvalue weighted by Gasteiger charge is 2.27. The van der Waals surface area contributed by atoms with Gasteiger partial charge in [-0.15, -0.1) is 0 Å². The Morgan fingerprint density at radius 1 is 1.06 bits per heavy atom. The molecule has 2 amide bonds. The number of benzene rings is 2. The molecular weight excluding hydrogens is 478 g/mol. The Bertz CT molecular complexity index is 1120. The van der Waals surface area contributed by atoms with Crippen LogP contribution in [0.5, 0.6) is 5.75 Å². The van der Waals surface area contributed by atoms with E-state index in [1.807, 2.05) is 57.2 Å². The van der Waals surface area contributed by atoms with Gasteiger partial charge in [-0.3, -0.25) is 13.9 Å². The lowest BCUT2D eigenvalue weighted by Gasteiger charge is -2.30. The molecule has 0 bridgehead atoms. The maximum atomic E-state index is 13.4. The fraction of sp³-hybridized carbons (Fsp3) is 0.481. The maximum Gasteiger partial charge on any atom is 0.242 e. The molecule has 0 heterocycles. The highest BCUT2D eigenvalue weighted by atomic mass is 32.2. The Morgan fingerprint density at radius 2 is 1.69 bits per heavy atom. The van der Waals surface area contributed by atoms with E-state index in [0.717, 1.165) is 17.5 Å². The van der Waals surface area contributed by atoms with Crippen LogP contribution in [0.4, 0.5) is 5.69 Å². The van der Waals surface area contributed by atoms with E-state index >= 15 is 0 Å². The van der Waals surface area contributed by atoms with Gasteiger partial charge in [0.1, 0.15) is 11.8 Å². The number of nitrogens with one attached hydrogen (secondary N) is 1. The maximum absolute atomic E-state index is 13.4. The van der Waals surface area contributed by atoms with Crippen LogP contribution in [0.25, 0.3) is 0 Å². The molecule has 8 nitrogen and oxygen atoms in total. The monoisotopic (exact) mass is 517 g/mol. The Kier molecular flexibility index (Phi) is 10.8. The van der Waals surface area contributed by atoms with Crippen LogP contribution in [-0.2, 0) is 26.2 Å². The molecule has 0 radical (unpaired) electrons. The number of carbonyl (C=O) groups excluding carboxylic acids is 2. The van der Waals surface area contributed by atoms with Gasteiger partial charge in [-0.05, 0) is 62.9 Å². The zero-order chi connectivity index (χ0) is 26.9. The van der Waals surface area contributed by atoms with Crippen LogP contribution in [-0.4, -0.2) is 57.1 Å². The minimum absolute atomic E-state index is 0.00433. The molecule has 0 saturated heterocycles. The van der Waals surface area contributed by atoms with Gasteiger partial charge in [0.15, 0.2) is 0 Å². The molecule has 0 saturated carbocycles. The van der Waals surface area contributed by atoms with E-state index in [0.29, 0.717) is 17.9 Å². The summed E-state index contributed by atoms with van der Waals surface area (Å²) in [6.07, 6.45) is 2.37. The van der Waals surface area contributed by atoms with Crippen LogP contribution in [0.3, 0.4) is 0 Å². The van der Waals surface area contributed by atoms with Crippen molar-refractivity contribution in [2.24, 2.45) is 0 Å². The van der Waals surface area contributed by atoms with Crippen molar-refractivity contribution in [3.63, 3.8) is 0 Å². The average molecular weight is 518 g/mol. The lowest BCUT2D eigenvalue weighted by molar-refractivity contribution is -0.140. The van der Waals surface area contributed by atoms with E-state index in [2.05, 4.69) is 5.32 Å². The van der Waals surface area contributed by atoms with E-state index < -0.39 is 16.1 Å². The molecule has 2 atom stereocenters. The first-order valence-electron chi connectivity index (χ1n) is 12.2. The van der Waals surface area contributed by atoms with Crippen molar-refractivity contribution >= 4 is 27.5 Å². The number of hydrogen-bond donors (Lipinski definition) is 1. The van der Waals surface area contributed by atoms with Gasteiger partial charge >= 0.3 is 0 Å². The van der Waals surface area contributed by atoms with E-state index in [4.69, 9.17) is 4.74 Å². The second-order valence-electron chi connectivity index (χ2n) is 9.09. The molecule has 0 aliphatic heterocycles. The Hall–Kier alpha value is -3.07. The van der Waals surface area contributed by atoms with Crippen molar-refractivity contribution in [2.75, 3.05) is 24.2 Å². The van der Waals surface area contributed by atoms with E-state index in [1.165, 1.54) is 10.6 Å². The molecule has 9 heteroatoms. The third kappa shape index (κ3) is 8.26. The Labute approximate surface area is 215 Å². The summed E-state index contributed by atoms with van der Waals surface area (Å²) in [5, 5.41) is 2.95. The van der Waals surface area contributed by atoms with Crippen molar-refractivity contribution in [1.82, 2.24) is 10.2 Å². The second kappa shape index (κ2) is 13.3. The molecule has 0 aliphatic rings. The van der Waals surface area contributed by atoms with Gasteiger partial charge in [0, 0.05) is 25.6 Å². The molecule has 2 aromatic carbocycles. The standard InChI is InChI=1S/C27H39N3O5S/c1-7-21(3)28-27(32)22(4)29(19-23-14-16-24(35-5)17-15-23)26(31)13-10-18-30(36(6,33)34)25-12-9-8-11-20(25)2/h8-9,11-12,14-17,21-22H,7,10,13,18-19H2,1-6H3,(H,28,32). The molecule has 2 rings (SSSR count). The number of aryl methyl sites for hydroxylation is 1. The first kappa shape index (κ1) is 29.2. The minimum atomic E-state index is -3.53. The summed E-state index contributed by atoms with van der Waals surface area (Å²) in [5.41, 5.74) is 2.31. The summed E-state index contributed by atoms with van der Waals surface area (Å²) in [5.74, 6) is 0.274. The SMILES string of the molecule is CCC(C)NC(=O)C(C)N(Cc1ccc(OC)cc1)C(=O)CCCN(c1ccccc1C)S(C)(=O)=O. The molecular formula is C27H39N3O5S. The van der Waals surface area contributed by atoms with Crippen molar-refractivity contribution in [2.45, 2.75) is 65.6 Å². The van der Waals surface area contributed by atoms with Gasteiger partial charge in [-0.2, -0.15) is 0 Å². The number of nitrogens with zero attached hydrogens (tertiary/aromatic N) is 2. The highest BCUT2D eigenvalue weighted by Crippen LogP contribution is 2.23. The van der Waals surface area contributed by atoms with Gasteiger partial charge in [0.2, 0.25) is 21.8 Å². The van der Waals surface area contributed by atoms with Gasteiger partial charge in [-0.1, -0.05) is 37.3 Å². The zero-order valence-electron chi connectivity index (χ0n) is 22.2. The smallest absolute Gasteiger partial charge is 0.242 e. The number of amides is 2. The molecule has 2 aromatic rings. The fourth-order valence-corrected chi connectivity index (χ4v) is 4.82. The van der Waals surface area contributed by atoms with Gasteiger partial charge < -0.3 is 15.0 Å². The van der Waals surface area contributed by atoms with Crippen LogP contribution in [0.2, 0.25) is 0 Å². The third-order valence-corrected chi connectivity index (χ3v) is 7.40. The van der Waals surface area contributed by atoms with Gasteiger partial charge in [-0.25, -0.2) is 8.42 Å². The zero-order valence-corrected chi connectivity index (χ0v) is 23.0. The number of hydrogen-bond acceptors (Lipinski definition) is 5. The predicted octanol–water partition coefficient (Wildman–Crippen LogP) is 3.88. The summed E-state index contributed by atoms with van der Waals surface area (Å²) < 4.78 is 31.5. The summed E-state index contributed by atoms with van der Waals surface area (Å²) in [6, 6.07) is 13.9. The summed E-state index contributed by atoms with van der Waals surface area (Å²) in [7, 11) is -1.94. The van der Waals surface area contributed by atoms with Crippen molar-refractivity contribution in [3.05, 3.63) is 59.7 Å². The predicted molar refractivity (Wildman–Crippen MR) is 144 cm³/mol. The van der Waals surface area contributed by atoms with Crippen LogP contribution >= 0.6 is 0 Å².